The first-order valence-corrected chi connectivity index (χ1v) is 8.92. The molecule has 2 aliphatic rings. The van der Waals surface area contributed by atoms with Crippen molar-refractivity contribution in [1.29, 1.82) is 0 Å². The van der Waals surface area contributed by atoms with Gasteiger partial charge in [0.25, 0.3) is 5.91 Å². The molecule has 5 heteroatoms. The summed E-state index contributed by atoms with van der Waals surface area (Å²) >= 11 is 0. The van der Waals surface area contributed by atoms with Gasteiger partial charge >= 0.3 is 0 Å². The van der Waals surface area contributed by atoms with E-state index < -0.39 is 0 Å². The van der Waals surface area contributed by atoms with Crippen molar-refractivity contribution in [3.8, 4) is 5.75 Å². The van der Waals surface area contributed by atoms with E-state index in [0.29, 0.717) is 43.4 Å². The predicted molar refractivity (Wildman–Crippen MR) is 92.1 cm³/mol. The zero-order valence-electron chi connectivity index (χ0n) is 14.4. The Kier molecular flexibility index (Phi) is 5.38. The molecular weight excluding hydrogens is 304 g/mol. The van der Waals surface area contributed by atoms with Crippen LogP contribution in [0, 0.1) is 5.92 Å². The number of nitrogens with zero attached hydrogens (tertiary/aromatic N) is 2. The molecule has 1 saturated heterocycles. The Bertz CT molecular complexity index is 588. The van der Waals surface area contributed by atoms with E-state index in [9.17, 15) is 9.59 Å². The van der Waals surface area contributed by atoms with Crippen molar-refractivity contribution in [2.45, 2.75) is 32.1 Å². The fourth-order valence-electron chi connectivity index (χ4n) is 3.73. The highest BCUT2D eigenvalue weighted by atomic mass is 16.5. The molecule has 1 heterocycles. The number of benzene rings is 1. The van der Waals surface area contributed by atoms with Crippen LogP contribution in [0.4, 0.5) is 0 Å². The number of ether oxygens (including phenoxy) is 1. The summed E-state index contributed by atoms with van der Waals surface area (Å²) in [6.07, 6.45) is 5.65. The molecule has 0 radical (unpaired) electrons. The van der Waals surface area contributed by atoms with Gasteiger partial charge in [-0.3, -0.25) is 9.59 Å². The molecule has 2 amide bonds. The molecule has 2 fully saturated rings. The number of carbonyl (C=O) groups excluding carboxylic acids is 2. The predicted octanol–water partition coefficient (Wildman–Crippen LogP) is 2.56. The molecule has 24 heavy (non-hydrogen) atoms. The fourth-order valence-corrected chi connectivity index (χ4v) is 3.73. The van der Waals surface area contributed by atoms with E-state index >= 15 is 0 Å². The normalized spacial score (nSPS) is 19.2. The summed E-state index contributed by atoms with van der Waals surface area (Å²) in [7, 11) is 1.58. The standard InChI is InChI=1S/C19H26N2O3/c1-24-17-10-6-5-9-16(17)19(23)21-13-11-20(12-14-21)18(22)15-7-3-2-4-8-15/h5-6,9-10,15H,2-4,7-8,11-14H2,1H3. The van der Waals surface area contributed by atoms with E-state index in [4.69, 9.17) is 4.74 Å². The van der Waals surface area contributed by atoms with Crippen LogP contribution in [0.1, 0.15) is 42.5 Å². The lowest BCUT2D eigenvalue weighted by atomic mass is 9.88. The summed E-state index contributed by atoms with van der Waals surface area (Å²) in [6, 6.07) is 7.30. The van der Waals surface area contributed by atoms with Crippen LogP contribution in [0.2, 0.25) is 0 Å². The minimum absolute atomic E-state index is 0.0165. The van der Waals surface area contributed by atoms with Gasteiger partial charge < -0.3 is 14.5 Å². The number of hydrogen-bond acceptors (Lipinski definition) is 3. The van der Waals surface area contributed by atoms with E-state index in [1.165, 1.54) is 19.3 Å². The van der Waals surface area contributed by atoms with Crippen LogP contribution in [0.5, 0.6) is 5.75 Å². The van der Waals surface area contributed by atoms with Gasteiger partial charge in [0.05, 0.1) is 12.7 Å². The summed E-state index contributed by atoms with van der Waals surface area (Å²) in [5, 5.41) is 0. The molecule has 0 bridgehead atoms. The molecule has 1 saturated carbocycles. The number of rotatable bonds is 3. The van der Waals surface area contributed by atoms with E-state index in [1.807, 2.05) is 21.9 Å². The maximum absolute atomic E-state index is 12.7. The summed E-state index contributed by atoms with van der Waals surface area (Å²) in [6.45, 7) is 2.46. The monoisotopic (exact) mass is 330 g/mol. The molecule has 0 spiro atoms. The molecular formula is C19H26N2O3. The lowest BCUT2D eigenvalue weighted by Crippen LogP contribution is -2.52. The lowest BCUT2D eigenvalue weighted by Gasteiger charge is -2.37. The van der Waals surface area contributed by atoms with Gasteiger partial charge in [0, 0.05) is 32.1 Å². The second-order valence-electron chi connectivity index (χ2n) is 6.65. The van der Waals surface area contributed by atoms with Crippen LogP contribution >= 0.6 is 0 Å². The summed E-state index contributed by atoms with van der Waals surface area (Å²) in [5.74, 6) is 1.08. The van der Waals surface area contributed by atoms with Crippen LogP contribution in [0.3, 0.4) is 0 Å². The van der Waals surface area contributed by atoms with Crippen LogP contribution in [-0.2, 0) is 4.79 Å². The number of amides is 2. The maximum atomic E-state index is 12.7. The SMILES string of the molecule is COc1ccccc1C(=O)N1CCN(C(=O)C2CCCCC2)CC1. The first kappa shape index (κ1) is 16.8. The average molecular weight is 330 g/mol. The average Bonchev–Trinajstić information content (AvgIpc) is 2.67. The summed E-state index contributed by atoms with van der Waals surface area (Å²) in [4.78, 5) is 29.1. The van der Waals surface area contributed by atoms with Crippen LogP contribution in [-0.4, -0.2) is 54.9 Å². The van der Waals surface area contributed by atoms with Crippen LogP contribution in [0.25, 0.3) is 0 Å². The van der Waals surface area contributed by atoms with Gasteiger partial charge in [0.15, 0.2) is 0 Å². The molecule has 1 aromatic carbocycles. The summed E-state index contributed by atoms with van der Waals surface area (Å²) in [5.41, 5.74) is 0.590. The zero-order chi connectivity index (χ0) is 16.9. The fraction of sp³-hybridized carbons (Fsp3) is 0.579. The number of hydrogen-bond donors (Lipinski definition) is 0. The first-order valence-electron chi connectivity index (χ1n) is 8.92. The van der Waals surface area contributed by atoms with Gasteiger partial charge in [0.2, 0.25) is 5.91 Å². The van der Waals surface area contributed by atoms with Crippen molar-refractivity contribution >= 4 is 11.8 Å². The van der Waals surface area contributed by atoms with Crippen molar-refractivity contribution in [2.24, 2.45) is 5.92 Å². The molecule has 1 aliphatic heterocycles. The van der Waals surface area contributed by atoms with Gasteiger partial charge in [-0.25, -0.2) is 0 Å². The largest absolute Gasteiger partial charge is 0.496 e. The van der Waals surface area contributed by atoms with E-state index in [1.54, 1.807) is 19.2 Å². The molecule has 0 unspecified atom stereocenters. The molecule has 0 N–H and O–H groups in total. The van der Waals surface area contributed by atoms with E-state index in [0.717, 1.165) is 12.8 Å². The third-order valence-corrected chi connectivity index (χ3v) is 5.17. The molecule has 1 aliphatic carbocycles. The van der Waals surface area contributed by atoms with Crippen molar-refractivity contribution in [2.75, 3.05) is 33.3 Å². The zero-order valence-corrected chi connectivity index (χ0v) is 14.4. The van der Waals surface area contributed by atoms with Crippen molar-refractivity contribution in [1.82, 2.24) is 9.80 Å². The second kappa shape index (κ2) is 7.69. The Morgan fingerprint density at radius 1 is 0.958 bits per heavy atom. The number of piperazine rings is 1. The van der Waals surface area contributed by atoms with Gasteiger partial charge in [-0.1, -0.05) is 31.4 Å². The first-order chi connectivity index (χ1) is 11.7. The lowest BCUT2D eigenvalue weighted by molar-refractivity contribution is -0.138. The summed E-state index contributed by atoms with van der Waals surface area (Å²) < 4.78 is 5.28. The van der Waals surface area contributed by atoms with Crippen molar-refractivity contribution in [3.63, 3.8) is 0 Å². The van der Waals surface area contributed by atoms with Crippen molar-refractivity contribution < 1.29 is 14.3 Å². The molecule has 1 aromatic rings. The minimum atomic E-state index is -0.0165. The van der Waals surface area contributed by atoms with E-state index in [2.05, 4.69) is 0 Å². The Labute approximate surface area is 143 Å². The number of carbonyl (C=O) groups is 2. The van der Waals surface area contributed by atoms with Crippen molar-refractivity contribution in [3.05, 3.63) is 29.8 Å². The van der Waals surface area contributed by atoms with Gasteiger partial charge in [-0.2, -0.15) is 0 Å². The molecule has 130 valence electrons. The maximum Gasteiger partial charge on any atom is 0.257 e. The Morgan fingerprint density at radius 2 is 1.58 bits per heavy atom. The molecule has 0 aromatic heterocycles. The highest BCUT2D eigenvalue weighted by molar-refractivity contribution is 5.97. The van der Waals surface area contributed by atoms with Crippen LogP contribution in [0.15, 0.2) is 24.3 Å². The third kappa shape index (κ3) is 3.55. The van der Waals surface area contributed by atoms with E-state index in [-0.39, 0.29) is 11.8 Å². The van der Waals surface area contributed by atoms with Crippen LogP contribution < -0.4 is 4.74 Å². The molecule has 3 rings (SSSR count). The van der Waals surface area contributed by atoms with Gasteiger partial charge in [-0.15, -0.1) is 0 Å². The van der Waals surface area contributed by atoms with Gasteiger partial charge in [0.1, 0.15) is 5.75 Å². The second-order valence-corrected chi connectivity index (χ2v) is 6.65. The topological polar surface area (TPSA) is 49.9 Å². The minimum Gasteiger partial charge on any atom is -0.496 e. The Hall–Kier alpha value is -2.04. The Balaban J connectivity index is 1.58. The number of para-hydroxylation sites is 1. The van der Waals surface area contributed by atoms with Gasteiger partial charge in [-0.05, 0) is 25.0 Å². The molecule has 5 nitrogen and oxygen atoms in total. The smallest absolute Gasteiger partial charge is 0.257 e. The molecule has 0 atom stereocenters. The highest BCUT2D eigenvalue weighted by Gasteiger charge is 2.30. The quantitative estimate of drug-likeness (QED) is 0.856. The third-order valence-electron chi connectivity index (χ3n) is 5.17. The number of methoxy groups -OCH3 is 1. The highest BCUT2D eigenvalue weighted by Crippen LogP contribution is 2.26. The Morgan fingerprint density at radius 3 is 2.25 bits per heavy atom.